The summed E-state index contributed by atoms with van der Waals surface area (Å²) in [7, 11) is 0. The van der Waals surface area contributed by atoms with Gasteiger partial charge in [0.15, 0.2) is 6.29 Å². The lowest BCUT2D eigenvalue weighted by molar-refractivity contribution is -0.385. The van der Waals surface area contributed by atoms with Crippen molar-refractivity contribution in [2.45, 2.75) is 26.1 Å². The van der Waals surface area contributed by atoms with Crippen LogP contribution in [0.4, 0.5) is 5.69 Å². The topological polar surface area (TPSA) is 61.6 Å². The average molecular weight is 237 g/mol. The highest BCUT2D eigenvalue weighted by Gasteiger charge is 2.20. The predicted molar refractivity (Wildman–Crippen MR) is 61.8 cm³/mol. The molecule has 0 radical (unpaired) electrons. The number of aryl methyl sites for hydroxylation is 1. The Morgan fingerprint density at radius 2 is 2.12 bits per heavy atom. The SMILES string of the molecule is Cc1ccc([N+](=O)[O-])c(CC2OCCCO2)c1. The number of ether oxygens (including phenoxy) is 2. The van der Waals surface area contributed by atoms with Gasteiger partial charge in [-0.2, -0.15) is 0 Å². The van der Waals surface area contributed by atoms with Crippen LogP contribution in [-0.2, 0) is 15.9 Å². The smallest absolute Gasteiger partial charge is 0.272 e. The number of rotatable bonds is 3. The standard InChI is InChI=1S/C12H15NO4/c1-9-3-4-11(13(14)15)10(7-9)8-12-16-5-2-6-17-12/h3-4,7,12H,2,5-6,8H2,1H3. The zero-order valence-corrected chi connectivity index (χ0v) is 9.72. The van der Waals surface area contributed by atoms with Gasteiger partial charge in [-0.05, 0) is 19.4 Å². The van der Waals surface area contributed by atoms with Gasteiger partial charge in [0.25, 0.3) is 5.69 Å². The normalized spacial score (nSPS) is 17.0. The van der Waals surface area contributed by atoms with Crippen molar-refractivity contribution in [2.75, 3.05) is 13.2 Å². The third kappa shape index (κ3) is 3.01. The molecule has 0 N–H and O–H groups in total. The molecule has 1 heterocycles. The molecule has 1 aromatic rings. The maximum Gasteiger partial charge on any atom is 0.272 e. The molecule has 17 heavy (non-hydrogen) atoms. The number of nitrogens with zero attached hydrogens (tertiary/aromatic N) is 1. The van der Waals surface area contributed by atoms with Crippen LogP contribution in [0, 0.1) is 17.0 Å². The molecule has 5 nitrogen and oxygen atoms in total. The van der Waals surface area contributed by atoms with Gasteiger partial charge in [-0.25, -0.2) is 0 Å². The lowest BCUT2D eigenvalue weighted by Crippen LogP contribution is -2.27. The van der Waals surface area contributed by atoms with Gasteiger partial charge in [0.2, 0.25) is 0 Å². The summed E-state index contributed by atoms with van der Waals surface area (Å²) in [6, 6.07) is 5.09. The van der Waals surface area contributed by atoms with E-state index in [9.17, 15) is 10.1 Å². The van der Waals surface area contributed by atoms with E-state index in [0.29, 0.717) is 25.2 Å². The highest BCUT2D eigenvalue weighted by atomic mass is 16.7. The molecule has 2 rings (SSSR count). The first-order valence-electron chi connectivity index (χ1n) is 5.64. The summed E-state index contributed by atoms with van der Waals surface area (Å²) in [5.74, 6) is 0. The lowest BCUT2D eigenvalue weighted by atomic mass is 10.1. The van der Waals surface area contributed by atoms with Gasteiger partial charge in [0.05, 0.1) is 18.1 Å². The van der Waals surface area contributed by atoms with Crippen LogP contribution in [0.1, 0.15) is 17.5 Å². The Kier molecular flexibility index (Phi) is 3.71. The zero-order valence-electron chi connectivity index (χ0n) is 9.72. The Bertz CT molecular complexity index is 413. The molecular weight excluding hydrogens is 222 g/mol. The van der Waals surface area contributed by atoms with E-state index < -0.39 is 0 Å². The van der Waals surface area contributed by atoms with Crippen molar-refractivity contribution in [3.8, 4) is 0 Å². The van der Waals surface area contributed by atoms with Crippen molar-refractivity contribution in [3.63, 3.8) is 0 Å². The van der Waals surface area contributed by atoms with Gasteiger partial charge < -0.3 is 9.47 Å². The molecule has 5 heteroatoms. The fourth-order valence-corrected chi connectivity index (χ4v) is 1.89. The van der Waals surface area contributed by atoms with E-state index >= 15 is 0 Å². The van der Waals surface area contributed by atoms with Crippen molar-refractivity contribution in [1.29, 1.82) is 0 Å². The Balaban J connectivity index is 2.17. The molecule has 0 aliphatic carbocycles. The Hall–Kier alpha value is -1.46. The van der Waals surface area contributed by atoms with Gasteiger partial charge in [-0.15, -0.1) is 0 Å². The van der Waals surface area contributed by atoms with Crippen molar-refractivity contribution in [2.24, 2.45) is 0 Å². The minimum Gasteiger partial charge on any atom is -0.352 e. The predicted octanol–water partition coefficient (Wildman–Crippen LogP) is 2.21. The van der Waals surface area contributed by atoms with Crippen LogP contribution in [0.2, 0.25) is 0 Å². The van der Waals surface area contributed by atoms with Gasteiger partial charge in [0.1, 0.15) is 0 Å². The third-order valence-electron chi connectivity index (χ3n) is 2.71. The number of nitro benzene ring substituents is 1. The largest absolute Gasteiger partial charge is 0.352 e. The molecule has 1 aromatic carbocycles. The van der Waals surface area contributed by atoms with Gasteiger partial charge in [-0.1, -0.05) is 11.6 Å². The second kappa shape index (κ2) is 5.25. The fraction of sp³-hybridized carbons (Fsp3) is 0.500. The molecule has 0 amide bonds. The summed E-state index contributed by atoms with van der Waals surface area (Å²) >= 11 is 0. The summed E-state index contributed by atoms with van der Waals surface area (Å²) in [6.45, 7) is 3.23. The maximum atomic E-state index is 10.9. The summed E-state index contributed by atoms with van der Waals surface area (Å²) in [4.78, 5) is 10.5. The van der Waals surface area contributed by atoms with Crippen LogP contribution >= 0.6 is 0 Å². The molecule has 0 saturated carbocycles. The zero-order chi connectivity index (χ0) is 12.3. The molecule has 0 bridgehead atoms. The number of hydrogen-bond donors (Lipinski definition) is 0. The Labute approximate surface area is 99.5 Å². The second-order valence-electron chi connectivity index (χ2n) is 4.12. The van der Waals surface area contributed by atoms with Crippen LogP contribution in [0.5, 0.6) is 0 Å². The molecule has 0 unspecified atom stereocenters. The van der Waals surface area contributed by atoms with Crippen LogP contribution < -0.4 is 0 Å². The molecule has 0 aromatic heterocycles. The quantitative estimate of drug-likeness (QED) is 0.597. The molecule has 0 atom stereocenters. The highest BCUT2D eigenvalue weighted by molar-refractivity contribution is 5.42. The minimum atomic E-state index is -0.363. The van der Waals surface area contributed by atoms with E-state index in [4.69, 9.17) is 9.47 Å². The van der Waals surface area contributed by atoms with Crippen LogP contribution in [-0.4, -0.2) is 24.4 Å². The summed E-state index contributed by atoms with van der Waals surface area (Å²) in [5, 5.41) is 10.9. The molecule has 1 fully saturated rings. The first-order valence-corrected chi connectivity index (χ1v) is 5.64. The maximum absolute atomic E-state index is 10.9. The van der Waals surface area contributed by atoms with Gasteiger partial charge >= 0.3 is 0 Å². The molecule has 1 saturated heterocycles. The second-order valence-corrected chi connectivity index (χ2v) is 4.12. The van der Waals surface area contributed by atoms with Gasteiger partial charge in [-0.3, -0.25) is 10.1 Å². The highest BCUT2D eigenvalue weighted by Crippen LogP contribution is 2.23. The van der Waals surface area contributed by atoms with E-state index in [1.165, 1.54) is 6.07 Å². The summed E-state index contributed by atoms with van der Waals surface area (Å²) in [5.41, 5.74) is 1.80. The third-order valence-corrected chi connectivity index (χ3v) is 2.71. The molecule has 1 aliphatic rings. The van der Waals surface area contributed by atoms with Gasteiger partial charge in [0, 0.05) is 18.1 Å². The van der Waals surface area contributed by atoms with Crippen molar-refractivity contribution < 1.29 is 14.4 Å². The van der Waals surface area contributed by atoms with E-state index in [1.54, 1.807) is 6.07 Å². The molecule has 0 spiro atoms. The first-order chi connectivity index (χ1) is 8.16. The van der Waals surface area contributed by atoms with Crippen LogP contribution in [0.3, 0.4) is 0 Å². The number of benzene rings is 1. The molecule has 92 valence electrons. The Morgan fingerprint density at radius 1 is 1.41 bits per heavy atom. The number of nitro groups is 1. The summed E-state index contributed by atoms with van der Waals surface area (Å²) in [6.07, 6.45) is 0.953. The van der Waals surface area contributed by atoms with Crippen molar-refractivity contribution in [3.05, 3.63) is 39.4 Å². The van der Waals surface area contributed by atoms with E-state index in [-0.39, 0.29) is 16.9 Å². The monoisotopic (exact) mass is 237 g/mol. The average Bonchev–Trinajstić information content (AvgIpc) is 2.30. The van der Waals surface area contributed by atoms with Crippen LogP contribution in [0.15, 0.2) is 18.2 Å². The molecular formula is C12H15NO4. The van der Waals surface area contributed by atoms with Crippen molar-refractivity contribution >= 4 is 5.69 Å². The van der Waals surface area contributed by atoms with Crippen molar-refractivity contribution in [1.82, 2.24) is 0 Å². The Morgan fingerprint density at radius 3 is 2.76 bits per heavy atom. The van der Waals surface area contributed by atoms with E-state index in [0.717, 1.165) is 12.0 Å². The summed E-state index contributed by atoms with van der Waals surface area (Å²) < 4.78 is 10.8. The minimum absolute atomic E-state index is 0.133. The van der Waals surface area contributed by atoms with E-state index in [1.807, 2.05) is 13.0 Å². The fourth-order valence-electron chi connectivity index (χ4n) is 1.89. The number of hydrogen-bond acceptors (Lipinski definition) is 4. The first kappa shape index (κ1) is 12.0. The van der Waals surface area contributed by atoms with E-state index in [2.05, 4.69) is 0 Å². The molecule has 1 aliphatic heterocycles. The lowest BCUT2D eigenvalue weighted by Gasteiger charge is -2.23. The van der Waals surface area contributed by atoms with Crippen LogP contribution in [0.25, 0.3) is 0 Å².